The Kier molecular flexibility index (Phi) is 9.12. The van der Waals surface area contributed by atoms with Crippen LogP contribution in [0.15, 0.2) is 36.4 Å². The average molecular weight is 542 g/mol. The Hall–Kier alpha value is -3.30. The maximum atomic E-state index is 13.1. The summed E-state index contributed by atoms with van der Waals surface area (Å²) in [4.78, 5) is 36.4. The molecule has 2 N–H and O–H groups in total. The third-order valence-electron chi connectivity index (χ3n) is 7.61. The van der Waals surface area contributed by atoms with E-state index in [1.54, 1.807) is 7.11 Å². The molecule has 2 fully saturated rings. The maximum Gasteiger partial charge on any atom is 0.290 e. The van der Waals surface area contributed by atoms with Gasteiger partial charge in [-0.1, -0.05) is 11.6 Å². The van der Waals surface area contributed by atoms with Crippen LogP contribution in [0.4, 0.5) is 5.69 Å². The van der Waals surface area contributed by atoms with Crippen molar-refractivity contribution in [3.63, 3.8) is 0 Å². The molecule has 1 amide bonds. The Labute approximate surface area is 228 Å². The minimum Gasteiger partial charge on any atom is -0.497 e. The summed E-state index contributed by atoms with van der Waals surface area (Å²) in [7, 11) is 5.92. The molecule has 0 saturated carbocycles. The first-order valence-corrected chi connectivity index (χ1v) is 13.3. The summed E-state index contributed by atoms with van der Waals surface area (Å²) in [6, 6.07) is 12.5. The molecule has 38 heavy (non-hydrogen) atoms. The third-order valence-corrected chi connectivity index (χ3v) is 7.94. The number of carbonyl (C=O) groups is 2. The number of piperidine rings is 2. The number of ether oxygens (including phenoxy) is 1. The molecule has 2 aromatic carbocycles. The SMILES string of the molecule is COc1ccc2nc(-c3cc(N4CCC(C(=O)N5CCC(N(C)C)CC5)CC4)ccc3Cl)[nH]c2c1.O=CO. The number of aromatic nitrogens is 2. The molecule has 9 nitrogen and oxygen atoms in total. The van der Waals surface area contributed by atoms with Crippen molar-refractivity contribution in [2.75, 3.05) is 52.3 Å². The van der Waals surface area contributed by atoms with Crippen molar-refractivity contribution in [2.45, 2.75) is 31.7 Å². The molecule has 1 aromatic heterocycles. The maximum absolute atomic E-state index is 13.1. The number of imidazole rings is 1. The number of amides is 1. The largest absolute Gasteiger partial charge is 0.497 e. The summed E-state index contributed by atoms with van der Waals surface area (Å²) in [5, 5.41) is 7.55. The van der Waals surface area contributed by atoms with Crippen LogP contribution < -0.4 is 9.64 Å². The molecule has 10 heteroatoms. The van der Waals surface area contributed by atoms with E-state index in [1.165, 1.54) is 0 Å². The number of likely N-dealkylation sites (tertiary alicyclic amines) is 1. The van der Waals surface area contributed by atoms with Crippen LogP contribution in [0.2, 0.25) is 5.02 Å². The second-order valence-electron chi connectivity index (χ2n) is 10.0. The van der Waals surface area contributed by atoms with Crippen LogP contribution in [0.5, 0.6) is 5.75 Å². The summed E-state index contributed by atoms with van der Waals surface area (Å²) in [6.07, 6.45) is 3.91. The van der Waals surface area contributed by atoms with Crippen molar-refractivity contribution in [1.82, 2.24) is 19.8 Å². The van der Waals surface area contributed by atoms with Crippen molar-refractivity contribution in [3.05, 3.63) is 41.4 Å². The van der Waals surface area contributed by atoms with Gasteiger partial charge in [0, 0.05) is 55.5 Å². The molecule has 3 heterocycles. The minimum atomic E-state index is -0.250. The number of hydrogen-bond acceptors (Lipinski definition) is 6. The van der Waals surface area contributed by atoms with E-state index in [0.29, 0.717) is 17.0 Å². The Bertz CT molecular complexity index is 1250. The molecule has 0 atom stereocenters. The first-order valence-electron chi connectivity index (χ1n) is 13.0. The van der Waals surface area contributed by atoms with E-state index in [9.17, 15) is 4.79 Å². The molecular weight excluding hydrogens is 506 g/mol. The number of halogens is 1. The summed E-state index contributed by atoms with van der Waals surface area (Å²) in [6.45, 7) is 3.24. The second-order valence-corrected chi connectivity index (χ2v) is 10.4. The predicted molar refractivity (Wildman–Crippen MR) is 150 cm³/mol. The minimum absolute atomic E-state index is 0.124. The monoisotopic (exact) mass is 541 g/mol. The van der Waals surface area contributed by atoms with Crippen LogP contribution in [0.3, 0.4) is 0 Å². The van der Waals surface area contributed by atoms with Gasteiger partial charge in [-0.15, -0.1) is 0 Å². The van der Waals surface area contributed by atoms with Gasteiger partial charge in [-0.2, -0.15) is 0 Å². The fourth-order valence-corrected chi connectivity index (χ4v) is 5.59. The Morgan fingerprint density at radius 3 is 2.42 bits per heavy atom. The van der Waals surface area contributed by atoms with E-state index in [-0.39, 0.29) is 12.4 Å². The summed E-state index contributed by atoms with van der Waals surface area (Å²) >= 11 is 6.58. The molecule has 2 saturated heterocycles. The Morgan fingerprint density at radius 2 is 1.79 bits per heavy atom. The van der Waals surface area contributed by atoms with Gasteiger partial charge in [0.1, 0.15) is 11.6 Å². The number of carbonyl (C=O) groups excluding carboxylic acids is 1. The molecule has 0 spiro atoms. The molecule has 0 radical (unpaired) electrons. The van der Waals surface area contributed by atoms with Crippen LogP contribution in [-0.4, -0.2) is 90.7 Å². The summed E-state index contributed by atoms with van der Waals surface area (Å²) in [5.41, 5.74) is 3.77. The number of carboxylic acid groups (broad SMARTS) is 1. The highest BCUT2D eigenvalue weighted by Crippen LogP contribution is 2.34. The lowest BCUT2D eigenvalue weighted by atomic mass is 9.93. The average Bonchev–Trinajstić information content (AvgIpc) is 3.36. The van der Waals surface area contributed by atoms with Crippen molar-refractivity contribution < 1.29 is 19.4 Å². The van der Waals surface area contributed by atoms with Gasteiger partial charge in [-0.05, 0) is 70.1 Å². The number of nitrogens with zero attached hydrogens (tertiary/aromatic N) is 4. The number of methoxy groups -OCH3 is 1. The topological polar surface area (TPSA) is 102 Å². The molecule has 3 aromatic rings. The second kappa shape index (κ2) is 12.5. The highest BCUT2D eigenvalue weighted by Gasteiger charge is 2.31. The van der Waals surface area contributed by atoms with Crippen molar-refractivity contribution in [3.8, 4) is 17.1 Å². The van der Waals surface area contributed by atoms with Crippen molar-refractivity contribution in [1.29, 1.82) is 0 Å². The standard InChI is InChI=1S/C27H34ClN5O2.CH2O2/c1-31(2)19-10-14-33(15-11-19)27(34)18-8-12-32(13-9-18)20-4-6-23(28)22(16-20)26-29-24-7-5-21(35-3)17-25(24)30-26;2-1-3/h4-7,16-19H,8-15H2,1-3H3,(H,29,30);1H,(H,2,3). The Balaban J connectivity index is 0.00000107. The van der Waals surface area contributed by atoms with Gasteiger partial charge in [0.25, 0.3) is 6.47 Å². The van der Waals surface area contributed by atoms with Gasteiger partial charge in [-0.3, -0.25) is 9.59 Å². The lowest BCUT2D eigenvalue weighted by Crippen LogP contribution is -2.48. The van der Waals surface area contributed by atoms with E-state index in [1.807, 2.05) is 24.3 Å². The number of hydrogen-bond donors (Lipinski definition) is 2. The number of fused-ring (bicyclic) bond motifs is 1. The lowest BCUT2D eigenvalue weighted by molar-refractivity contribution is -0.137. The van der Waals surface area contributed by atoms with Gasteiger partial charge < -0.3 is 29.5 Å². The quantitative estimate of drug-likeness (QED) is 0.463. The van der Waals surface area contributed by atoms with E-state index in [4.69, 9.17) is 31.2 Å². The van der Waals surface area contributed by atoms with Crippen LogP contribution in [0.1, 0.15) is 25.7 Å². The summed E-state index contributed by atoms with van der Waals surface area (Å²) in [5.74, 6) is 1.99. The van der Waals surface area contributed by atoms with Gasteiger partial charge in [0.2, 0.25) is 5.91 Å². The zero-order chi connectivity index (χ0) is 27.2. The fourth-order valence-electron chi connectivity index (χ4n) is 5.38. The predicted octanol–water partition coefficient (Wildman–Crippen LogP) is 4.36. The van der Waals surface area contributed by atoms with E-state index in [0.717, 1.165) is 85.7 Å². The van der Waals surface area contributed by atoms with Crippen LogP contribution >= 0.6 is 11.6 Å². The summed E-state index contributed by atoms with van der Waals surface area (Å²) < 4.78 is 5.33. The van der Waals surface area contributed by atoms with Crippen LogP contribution in [-0.2, 0) is 9.59 Å². The van der Waals surface area contributed by atoms with E-state index >= 15 is 0 Å². The molecule has 2 aliphatic heterocycles. The van der Waals surface area contributed by atoms with E-state index < -0.39 is 0 Å². The number of nitrogens with one attached hydrogen (secondary N) is 1. The van der Waals surface area contributed by atoms with Gasteiger partial charge in [0.15, 0.2) is 0 Å². The normalized spacial score (nSPS) is 16.9. The Morgan fingerprint density at radius 1 is 1.11 bits per heavy atom. The fraction of sp³-hybridized carbons (Fsp3) is 0.464. The molecular formula is C28H36ClN5O4. The smallest absolute Gasteiger partial charge is 0.290 e. The highest BCUT2D eigenvalue weighted by molar-refractivity contribution is 6.33. The molecule has 2 aliphatic rings. The third kappa shape index (κ3) is 6.22. The van der Waals surface area contributed by atoms with Gasteiger partial charge in [0.05, 0.1) is 23.2 Å². The molecule has 0 aliphatic carbocycles. The molecule has 5 rings (SSSR count). The number of benzene rings is 2. The number of rotatable bonds is 5. The van der Waals surface area contributed by atoms with Gasteiger partial charge >= 0.3 is 0 Å². The van der Waals surface area contributed by atoms with Crippen LogP contribution in [0, 0.1) is 5.92 Å². The van der Waals surface area contributed by atoms with Crippen molar-refractivity contribution in [2.24, 2.45) is 5.92 Å². The zero-order valence-electron chi connectivity index (χ0n) is 22.2. The lowest BCUT2D eigenvalue weighted by Gasteiger charge is -2.39. The van der Waals surface area contributed by atoms with Crippen molar-refractivity contribution >= 4 is 40.7 Å². The first kappa shape index (κ1) is 27.7. The molecule has 0 unspecified atom stereocenters. The number of anilines is 1. The number of aromatic amines is 1. The van der Waals surface area contributed by atoms with Crippen LogP contribution in [0.25, 0.3) is 22.4 Å². The van der Waals surface area contributed by atoms with Gasteiger partial charge in [-0.25, -0.2) is 4.98 Å². The first-order chi connectivity index (χ1) is 18.3. The number of H-pyrrole nitrogens is 1. The molecule has 0 bridgehead atoms. The highest BCUT2D eigenvalue weighted by atomic mass is 35.5. The van der Waals surface area contributed by atoms with E-state index in [2.05, 4.69) is 45.9 Å². The zero-order valence-corrected chi connectivity index (χ0v) is 22.9. The molecule has 204 valence electrons.